The van der Waals surface area contributed by atoms with Gasteiger partial charge in [0.1, 0.15) is 5.75 Å². The largest absolute Gasteiger partial charge is 0.495 e. The molecule has 3 aromatic rings. The van der Waals surface area contributed by atoms with Crippen LogP contribution in [0.25, 0.3) is 11.4 Å². The van der Waals surface area contributed by atoms with Crippen LogP contribution >= 0.6 is 11.6 Å². The lowest BCUT2D eigenvalue weighted by atomic mass is 9.96. The van der Waals surface area contributed by atoms with Crippen LogP contribution in [0.2, 0.25) is 5.02 Å². The van der Waals surface area contributed by atoms with Crippen molar-refractivity contribution in [1.29, 1.82) is 0 Å². The van der Waals surface area contributed by atoms with E-state index in [1.807, 2.05) is 12.1 Å². The minimum absolute atomic E-state index is 0.151. The van der Waals surface area contributed by atoms with Crippen LogP contribution in [0.15, 0.2) is 51.9 Å². The van der Waals surface area contributed by atoms with Gasteiger partial charge in [0.2, 0.25) is 27.6 Å². The fraction of sp³-hybridized carbons (Fsp3) is 0.423. The first-order valence-electron chi connectivity index (χ1n) is 12.6. The molecule has 10 nitrogen and oxygen atoms in total. The standard InChI is InChI=1S/C26H30ClN5O5S/c1-36-23-9-8-21(38(34,35)32-12-2-3-13-32)16-22(23)28-26(33)19-10-14-31(15-11-19)17-24-29-25(30-37-24)18-4-6-20(27)7-5-18/h4-9,16,19H,2-3,10-15,17H2,1H3,(H,28,33). The monoisotopic (exact) mass is 559 g/mol. The van der Waals surface area contributed by atoms with E-state index >= 15 is 0 Å². The zero-order valence-electron chi connectivity index (χ0n) is 21.1. The van der Waals surface area contributed by atoms with Crippen molar-refractivity contribution in [2.45, 2.75) is 37.1 Å². The first-order chi connectivity index (χ1) is 18.3. The first kappa shape index (κ1) is 26.6. The number of aromatic nitrogens is 2. The van der Waals surface area contributed by atoms with Crippen LogP contribution in [-0.4, -0.2) is 67.0 Å². The Balaban J connectivity index is 1.18. The molecular weight excluding hydrogens is 530 g/mol. The molecule has 38 heavy (non-hydrogen) atoms. The van der Waals surface area contributed by atoms with Crippen LogP contribution < -0.4 is 10.1 Å². The molecular formula is C26H30ClN5O5S. The van der Waals surface area contributed by atoms with E-state index in [1.54, 1.807) is 18.2 Å². The molecule has 2 fully saturated rings. The van der Waals surface area contributed by atoms with Gasteiger partial charge in [0, 0.05) is 29.6 Å². The fourth-order valence-electron chi connectivity index (χ4n) is 4.84. The number of likely N-dealkylation sites (tertiary alicyclic amines) is 1. The molecule has 0 saturated carbocycles. The number of carbonyl (C=O) groups excluding carboxylic acids is 1. The summed E-state index contributed by atoms with van der Waals surface area (Å²) in [7, 11) is -2.11. The second-order valence-corrected chi connectivity index (χ2v) is 11.9. The normalized spacial score (nSPS) is 17.5. The van der Waals surface area contributed by atoms with Crippen molar-refractivity contribution < 1.29 is 22.5 Å². The second kappa shape index (κ2) is 11.4. The van der Waals surface area contributed by atoms with E-state index in [0.717, 1.165) is 18.4 Å². The number of nitrogens with one attached hydrogen (secondary N) is 1. The highest BCUT2D eigenvalue weighted by Gasteiger charge is 2.30. The Labute approximate surface area is 227 Å². The summed E-state index contributed by atoms with van der Waals surface area (Å²) in [6, 6.07) is 11.8. The third kappa shape index (κ3) is 5.85. The predicted octanol–water partition coefficient (Wildman–Crippen LogP) is 4.03. The number of halogens is 1. The Bertz CT molecular complexity index is 1380. The number of methoxy groups -OCH3 is 1. The van der Waals surface area contributed by atoms with Gasteiger partial charge >= 0.3 is 0 Å². The molecule has 12 heteroatoms. The van der Waals surface area contributed by atoms with Crippen LogP contribution in [0.5, 0.6) is 5.75 Å². The molecule has 1 aromatic heterocycles. The number of ether oxygens (including phenoxy) is 1. The molecule has 0 unspecified atom stereocenters. The highest BCUT2D eigenvalue weighted by Crippen LogP contribution is 2.31. The lowest BCUT2D eigenvalue weighted by Gasteiger charge is -2.30. The van der Waals surface area contributed by atoms with Gasteiger partial charge in [-0.15, -0.1) is 0 Å². The molecule has 5 rings (SSSR count). The molecule has 0 spiro atoms. The van der Waals surface area contributed by atoms with Gasteiger partial charge in [0.25, 0.3) is 0 Å². The Hall–Kier alpha value is -2.99. The van der Waals surface area contributed by atoms with Gasteiger partial charge in [0.15, 0.2) is 0 Å². The number of hydrogen-bond acceptors (Lipinski definition) is 8. The number of benzene rings is 2. The Morgan fingerprint density at radius 2 is 1.82 bits per heavy atom. The van der Waals surface area contributed by atoms with Crippen molar-refractivity contribution in [3.63, 3.8) is 0 Å². The maximum absolute atomic E-state index is 13.1. The minimum atomic E-state index is -3.61. The summed E-state index contributed by atoms with van der Waals surface area (Å²) in [4.78, 5) is 19.9. The Kier molecular flexibility index (Phi) is 7.98. The van der Waals surface area contributed by atoms with Crippen LogP contribution in [0, 0.1) is 5.92 Å². The van der Waals surface area contributed by atoms with E-state index in [1.165, 1.54) is 23.5 Å². The van der Waals surface area contributed by atoms with E-state index in [2.05, 4.69) is 20.4 Å². The number of rotatable bonds is 8. The topological polar surface area (TPSA) is 118 Å². The van der Waals surface area contributed by atoms with Gasteiger partial charge in [-0.05, 0) is 81.2 Å². The average Bonchev–Trinajstić information content (AvgIpc) is 3.63. The van der Waals surface area contributed by atoms with Crippen molar-refractivity contribution in [1.82, 2.24) is 19.3 Å². The number of piperidine rings is 1. The maximum atomic E-state index is 13.1. The summed E-state index contributed by atoms with van der Waals surface area (Å²) in [6.45, 7) is 2.91. The second-order valence-electron chi connectivity index (χ2n) is 9.53. The molecule has 0 bridgehead atoms. The third-order valence-electron chi connectivity index (χ3n) is 7.02. The van der Waals surface area contributed by atoms with Crippen LogP contribution in [0.1, 0.15) is 31.6 Å². The molecule has 1 amide bonds. The number of sulfonamides is 1. The zero-order valence-corrected chi connectivity index (χ0v) is 22.7. The molecule has 0 atom stereocenters. The highest BCUT2D eigenvalue weighted by atomic mass is 35.5. The van der Waals surface area contributed by atoms with Crippen LogP contribution in [0.3, 0.4) is 0 Å². The van der Waals surface area contributed by atoms with Gasteiger partial charge in [-0.1, -0.05) is 16.8 Å². The van der Waals surface area contributed by atoms with E-state index in [-0.39, 0.29) is 16.7 Å². The first-order valence-corrected chi connectivity index (χ1v) is 14.5. The number of hydrogen-bond donors (Lipinski definition) is 1. The van der Waals surface area contributed by atoms with Crippen molar-refractivity contribution in [3.8, 4) is 17.1 Å². The number of amides is 1. The molecule has 2 aliphatic rings. The molecule has 202 valence electrons. The maximum Gasteiger partial charge on any atom is 0.243 e. The molecule has 2 aliphatic heterocycles. The summed E-state index contributed by atoms with van der Waals surface area (Å²) in [5.41, 5.74) is 1.19. The highest BCUT2D eigenvalue weighted by molar-refractivity contribution is 7.89. The fourth-order valence-corrected chi connectivity index (χ4v) is 6.51. The van der Waals surface area contributed by atoms with Crippen LogP contribution in [-0.2, 0) is 21.4 Å². The van der Waals surface area contributed by atoms with Crippen LogP contribution in [0.4, 0.5) is 5.69 Å². The lowest BCUT2D eigenvalue weighted by molar-refractivity contribution is -0.121. The van der Waals surface area contributed by atoms with E-state index < -0.39 is 10.0 Å². The van der Waals surface area contributed by atoms with Gasteiger partial charge < -0.3 is 14.6 Å². The van der Waals surface area contributed by atoms with Gasteiger partial charge in [-0.25, -0.2) is 8.42 Å². The summed E-state index contributed by atoms with van der Waals surface area (Å²) in [5, 5.41) is 7.61. The zero-order chi connectivity index (χ0) is 26.7. The summed E-state index contributed by atoms with van der Waals surface area (Å²) < 4.78 is 38.3. The third-order valence-corrected chi connectivity index (χ3v) is 9.17. The molecule has 2 saturated heterocycles. The predicted molar refractivity (Wildman–Crippen MR) is 142 cm³/mol. The van der Waals surface area contributed by atoms with E-state index in [9.17, 15) is 13.2 Å². The van der Waals surface area contributed by atoms with Crippen molar-refractivity contribution >= 4 is 33.2 Å². The molecule has 3 heterocycles. The number of carbonyl (C=O) groups is 1. The number of anilines is 1. The average molecular weight is 560 g/mol. The number of nitrogens with zero attached hydrogens (tertiary/aromatic N) is 4. The summed E-state index contributed by atoms with van der Waals surface area (Å²) in [5.74, 6) is 1.08. The van der Waals surface area contributed by atoms with Gasteiger partial charge in [-0.3, -0.25) is 9.69 Å². The molecule has 0 aliphatic carbocycles. The molecule has 1 N–H and O–H groups in total. The van der Waals surface area contributed by atoms with Gasteiger partial charge in [-0.2, -0.15) is 9.29 Å². The van der Waals surface area contributed by atoms with E-state index in [0.29, 0.717) is 73.7 Å². The van der Waals surface area contributed by atoms with Crippen molar-refractivity contribution in [2.24, 2.45) is 5.92 Å². The SMILES string of the molecule is COc1ccc(S(=O)(=O)N2CCCC2)cc1NC(=O)C1CCN(Cc2nc(-c3ccc(Cl)cc3)no2)CC1. The summed E-state index contributed by atoms with van der Waals surface area (Å²) >= 11 is 5.95. The molecule has 0 radical (unpaired) electrons. The smallest absolute Gasteiger partial charge is 0.243 e. The minimum Gasteiger partial charge on any atom is -0.495 e. The van der Waals surface area contributed by atoms with E-state index in [4.69, 9.17) is 20.9 Å². The van der Waals surface area contributed by atoms with Gasteiger partial charge in [0.05, 0.1) is 24.2 Å². The quantitative estimate of drug-likeness (QED) is 0.439. The molecule has 2 aromatic carbocycles. The van der Waals surface area contributed by atoms with Crippen molar-refractivity contribution in [2.75, 3.05) is 38.6 Å². The lowest BCUT2D eigenvalue weighted by Crippen LogP contribution is -2.37. The van der Waals surface area contributed by atoms with Crippen molar-refractivity contribution in [3.05, 3.63) is 53.4 Å². The summed E-state index contributed by atoms with van der Waals surface area (Å²) in [6.07, 6.45) is 3.01. The Morgan fingerprint density at radius 1 is 1.11 bits per heavy atom. The Morgan fingerprint density at radius 3 is 2.50 bits per heavy atom.